The summed E-state index contributed by atoms with van der Waals surface area (Å²) in [4.78, 5) is 8.39. The van der Waals surface area contributed by atoms with E-state index in [0.29, 0.717) is 27.9 Å². The summed E-state index contributed by atoms with van der Waals surface area (Å²) in [6.45, 7) is 0. The van der Waals surface area contributed by atoms with E-state index in [-0.39, 0.29) is 0 Å². The van der Waals surface area contributed by atoms with Crippen LogP contribution in [0.2, 0.25) is 5.02 Å². The number of pyridine rings is 2. The highest BCUT2D eigenvalue weighted by Crippen LogP contribution is 2.33. The number of hydrogen-bond acceptors (Lipinski definition) is 3. The molecule has 0 saturated carbocycles. The van der Waals surface area contributed by atoms with Crippen molar-refractivity contribution in [3.05, 3.63) is 59.5 Å². The van der Waals surface area contributed by atoms with Gasteiger partial charge in [0.15, 0.2) is 5.75 Å². The second kappa shape index (κ2) is 5.65. The highest BCUT2D eigenvalue weighted by atomic mass is 35.5. The number of ether oxygens (including phenoxy) is 1. The van der Waals surface area contributed by atoms with Gasteiger partial charge >= 0.3 is 0 Å². The Morgan fingerprint density at radius 3 is 2.80 bits per heavy atom. The van der Waals surface area contributed by atoms with Crippen LogP contribution in [0.3, 0.4) is 0 Å². The van der Waals surface area contributed by atoms with Crippen molar-refractivity contribution in [3.63, 3.8) is 0 Å². The molecule has 1 aromatic carbocycles. The van der Waals surface area contributed by atoms with Crippen LogP contribution in [0, 0.1) is 0 Å². The number of alkyl halides is 1. The van der Waals surface area contributed by atoms with Crippen molar-refractivity contribution in [1.29, 1.82) is 0 Å². The summed E-state index contributed by atoms with van der Waals surface area (Å²) in [6.07, 6.45) is 5.03. The van der Waals surface area contributed by atoms with E-state index in [1.165, 1.54) is 0 Å². The first-order valence-corrected chi connectivity index (χ1v) is 6.91. The molecular weight excluding hydrogens is 295 g/mol. The van der Waals surface area contributed by atoms with Crippen LogP contribution in [-0.2, 0) is 5.88 Å². The Morgan fingerprint density at radius 1 is 1.05 bits per heavy atom. The lowest BCUT2D eigenvalue weighted by Crippen LogP contribution is -1.92. The molecule has 2 heterocycles. The standard InChI is InChI=1S/C15H10Cl2N2O/c16-8-10-5-7-18-9-14(10)20-13-4-3-12(17)11-2-1-6-19-15(11)13/h1-7,9H,8H2. The summed E-state index contributed by atoms with van der Waals surface area (Å²) in [5.74, 6) is 1.61. The molecule has 3 nitrogen and oxygen atoms in total. The van der Waals surface area contributed by atoms with Gasteiger partial charge in [-0.15, -0.1) is 11.6 Å². The molecular formula is C15H10Cl2N2O. The molecule has 0 N–H and O–H groups in total. The number of fused-ring (bicyclic) bond motifs is 1. The largest absolute Gasteiger partial charge is 0.453 e. The molecule has 0 spiro atoms. The number of nitrogens with zero attached hydrogens (tertiary/aromatic N) is 2. The van der Waals surface area contributed by atoms with E-state index in [0.717, 1.165) is 10.9 Å². The topological polar surface area (TPSA) is 35.0 Å². The molecule has 0 aliphatic heterocycles. The number of rotatable bonds is 3. The summed E-state index contributed by atoms with van der Waals surface area (Å²) >= 11 is 12.1. The van der Waals surface area contributed by atoms with Crippen LogP contribution < -0.4 is 4.74 Å². The highest BCUT2D eigenvalue weighted by Gasteiger charge is 2.10. The lowest BCUT2D eigenvalue weighted by molar-refractivity contribution is 0.480. The van der Waals surface area contributed by atoms with E-state index in [1.54, 1.807) is 30.7 Å². The van der Waals surface area contributed by atoms with Crippen molar-refractivity contribution < 1.29 is 4.74 Å². The summed E-state index contributed by atoms with van der Waals surface area (Å²) < 4.78 is 5.90. The maximum absolute atomic E-state index is 6.16. The van der Waals surface area contributed by atoms with Gasteiger partial charge in [-0.25, -0.2) is 0 Å². The lowest BCUT2D eigenvalue weighted by Gasteiger charge is -2.11. The van der Waals surface area contributed by atoms with Gasteiger partial charge in [-0.2, -0.15) is 0 Å². The third-order valence-electron chi connectivity index (χ3n) is 2.91. The molecule has 0 bridgehead atoms. The summed E-state index contributed by atoms with van der Waals surface area (Å²) in [7, 11) is 0. The molecule has 0 saturated heterocycles. The first-order valence-electron chi connectivity index (χ1n) is 5.99. The number of aromatic nitrogens is 2. The Kier molecular flexibility index (Phi) is 3.72. The molecule has 0 aliphatic carbocycles. The van der Waals surface area contributed by atoms with E-state index in [4.69, 9.17) is 27.9 Å². The second-order valence-electron chi connectivity index (χ2n) is 4.16. The molecule has 0 atom stereocenters. The van der Waals surface area contributed by atoms with Gasteiger partial charge in [0.2, 0.25) is 0 Å². The fourth-order valence-electron chi connectivity index (χ4n) is 1.92. The van der Waals surface area contributed by atoms with Gasteiger partial charge in [-0.1, -0.05) is 11.6 Å². The van der Waals surface area contributed by atoms with Gasteiger partial charge in [0.25, 0.3) is 0 Å². The normalized spacial score (nSPS) is 10.7. The van der Waals surface area contributed by atoms with E-state index >= 15 is 0 Å². The monoisotopic (exact) mass is 304 g/mol. The van der Waals surface area contributed by atoms with Crippen LogP contribution in [0.15, 0.2) is 48.9 Å². The minimum absolute atomic E-state index is 0.358. The van der Waals surface area contributed by atoms with Crippen LogP contribution >= 0.6 is 23.2 Å². The number of benzene rings is 1. The predicted octanol–water partition coefficient (Wildman–Crippen LogP) is 4.81. The first-order chi connectivity index (χ1) is 9.79. The van der Waals surface area contributed by atoms with Crippen LogP contribution in [0.25, 0.3) is 10.9 Å². The SMILES string of the molecule is ClCc1ccncc1Oc1ccc(Cl)c2cccnc12. The van der Waals surface area contributed by atoms with Crippen LogP contribution in [0.5, 0.6) is 11.5 Å². The zero-order valence-electron chi connectivity index (χ0n) is 10.4. The quantitative estimate of drug-likeness (QED) is 0.651. The van der Waals surface area contributed by atoms with Gasteiger partial charge in [-0.3, -0.25) is 9.97 Å². The van der Waals surface area contributed by atoms with Gasteiger partial charge in [0.1, 0.15) is 11.3 Å². The molecule has 3 aromatic rings. The van der Waals surface area contributed by atoms with E-state index < -0.39 is 0 Å². The molecule has 3 rings (SSSR count). The summed E-state index contributed by atoms with van der Waals surface area (Å²) in [5.41, 5.74) is 1.59. The Bertz CT molecular complexity index is 762. The summed E-state index contributed by atoms with van der Waals surface area (Å²) in [5, 5.41) is 1.49. The zero-order chi connectivity index (χ0) is 13.9. The Morgan fingerprint density at radius 2 is 1.95 bits per heavy atom. The van der Waals surface area contributed by atoms with Crippen molar-refractivity contribution in [2.75, 3.05) is 0 Å². The van der Waals surface area contributed by atoms with Crippen molar-refractivity contribution in [1.82, 2.24) is 9.97 Å². The van der Waals surface area contributed by atoms with Gasteiger partial charge in [0, 0.05) is 23.3 Å². The third kappa shape index (κ3) is 2.42. The fraction of sp³-hybridized carbons (Fsp3) is 0.0667. The molecule has 20 heavy (non-hydrogen) atoms. The molecule has 0 aliphatic rings. The van der Waals surface area contributed by atoms with Crippen molar-refractivity contribution in [2.45, 2.75) is 5.88 Å². The first kappa shape index (κ1) is 13.2. The Hall–Kier alpha value is -1.84. The summed E-state index contributed by atoms with van der Waals surface area (Å²) in [6, 6.07) is 9.16. The average molecular weight is 305 g/mol. The minimum atomic E-state index is 0.358. The molecule has 5 heteroatoms. The fourth-order valence-corrected chi connectivity index (χ4v) is 2.36. The van der Waals surface area contributed by atoms with Gasteiger partial charge in [-0.05, 0) is 30.3 Å². The van der Waals surface area contributed by atoms with Crippen molar-refractivity contribution in [2.24, 2.45) is 0 Å². The van der Waals surface area contributed by atoms with Gasteiger partial charge < -0.3 is 4.74 Å². The maximum atomic E-state index is 6.16. The zero-order valence-corrected chi connectivity index (χ0v) is 11.9. The minimum Gasteiger partial charge on any atom is -0.453 e. The van der Waals surface area contributed by atoms with Crippen molar-refractivity contribution >= 4 is 34.1 Å². The number of hydrogen-bond donors (Lipinski definition) is 0. The Labute approximate surface area is 126 Å². The maximum Gasteiger partial charge on any atom is 0.153 e. The number of halogens is 2. The van der Waals surface area contributed by atoms with E-state index in [1.807, 2.05) is 18.2 Å². The van der Waals surface area contributed by atoms with E-state index in [2.05, 4.69) is 9.97 Å². The average Bonchev–Trinajstić information content (AvgIpc) is 2.51. The smallest absolute Gasteiger partial charge is 0.153 e. The third-order valence-corrected chi connectivity index (χ3v) is 3.53. The van der Waals surface area contributed by atoms with Gasteiger partial charge in [0.05, 0.1) is 17.1 Å². The van der Waals surface area contributed by atoms with E-state index in [9.17, 15) is 0 Å². The Balaban J connectivity index is 2.09. The molecule has 0 fully saturated rings. The lowest BCUT2D eigenvalue weighted by atomic mass is 10.2. The molecule has 2 aromatic heterocycles. The molecule has 100 valence electrons. The molecule has 0 unspecified atom stereocenters. The predicted molar refractivity (Wildman–Crippen MR) is 80.6 cm³/mol. The van der Waals surface area contributed by atoms with Crippen LogP contribution in [0.1, 0.15) is 5.56 Å². The van der Waals surface area contributed by atoms with Crippen molar-refractivity contribution in [3.8, 4) is 11.5 Å². The molecule has 0 radical (unpaired) electrons. The molecule has 0 amide bonds. The van der Waals surface area contributed by atoms with Crippen LogP contribution in [0.4, 0.5) is 0 Å². The highest BCUT2D eigenvalue weighted by molar-refractivity contribution is 6.35. The second-order valence-corrected chi connectivity index (χ2v) is 4.84. The van der Waals surface area contributed by atoms with Crippen LogP contribution in [-0.4, -0.2) is 9.97 Å².